The Kier molecular flexibility index (Phi) is 3.39. The van der Waals surface area contributed by atoms with Gasteiger partial charge in [-0.2, -0.15) is 5.26 Å². The van der Waals surface area contributed by atoms with Gasteiger partial charge >= 0.3 is 6.03 Å². The summed E-state index contributed by atoms with van der Waals surface area (Å²) in [5.74, 6) is 0. The van der Waals surface area contributed by atoms with E-state index in [1.165, 1.54) is 12.8 Å². The maximum Gasteiger partial charge on any atom is 0.315 e. The van der Waals surface area contributed by atoms with Crippen LogP contribution in [0.5, 0.6) is 0 Å². The van der Waals surface area contributed by atoms with Crippen LogP contribution in [0, 0.1) is 11.3 Å². The standard InChI is InChI=1S/C8H13N3O/c9-5-6-10-8(12)11-7-3-1-2-4-7/h7H,1-4,6H2,(H2,10,11,12). The quantitative estimate of drug-likeness (QED) is 0.596. The first-order valence-electron chi connectivity index (χ1n) is 4.24. The number of nitrogens with zero attached hydrogens (tertiary/aromatic N) is 1. The van der Waals surface area contributed by atoms with Crippen LogP contribution in [0.1, 0.15) is 25.7 Å². The highest BCUT2D eigenvalue weighted by Crippen LogP contribution is 2.17. The van der Waals surface area contributed by atoms with E-state index in [4.69, 9.17) is 5.26 Å². The zero-order valence-corrected chi connectivity index (χ0v) is 6.97. The molecular weight excluding hydrogens is 154 g/mol. The second-order valence-corrected chi connectivity index (χ2v) is 2.97. The summed E-state index contributed by atoms with van der Waals surface area (Å²) in [6.07, 6.45) is 4.53. The maximum absolute atomic E-state index is 11.0. The van der Waals surface area contributed by atoms with Crippen LogP contribution in [0.4, 0.5) is 4.79 Å². The van der Waals surface area contributed by atoms with Crippen molar-refractivity contribution in [1.29, 1.82) is 5.26 Å². The van der Waals surface area contributed by atoms with Gasteiger partial charge in [0.15, 0.2) is 0 Å². The third kappa shape index (κ3) is 2.79. The molecule has 1 aliphatic rings. The van der Waals surface area contributed by atoms with Crippen molar-refractivity contribution >= 4 is 6.03 Å². The minimum atomic E-state index is -0.219. The average Bonchev–Trinajstić information content (AvgIpc) is 2.53. The Morgan fingerprint density at radius 3 is 2.75 bits per heavy atom. The molecule has 2 amide bonds. The van der Waals surface area contributed by atoms with Gasteiger partial charge in [0, 0.05) is 6.04 Å². The van der Waals surface area contributed by atoms with Gasteiger partial charge in [0.1, 0.15) is 6.54 Å². The van der Waals surface area contributed by atoms with Gasteiger partial charge in [0.25, 0.3) is 0 Å². The molecule has 0 radical (unpaired) electrons. The summed E-state index contributed by atoms with van der Waals surface area (Å²) in [5.41, 5.74) is 0. The van der Waals surface area contributed by atoms with E-state index in [-0.39, 0.29) is 12.6 Å². The number of amides is 2. The molecule has 0 aromatic heterocycles. The Hall–Kier alpha value is -1.24. The molecule has 0 spiro atoms. The van der Waals surface area contributed by atoms with E-state index in [0.717, 1.165) is 12.8 Å². The SMILES string of the molecule is N#CCNC(=O)NC1CCCC1. The van der Waals surface area contributed by atoms with Crippen molar-refractivity contribution in [1.82, 2.24) is 10.6 Å². The predicted molar refractivity (Wildman–Crippen MR) is 44.4 cm³/mol. The molecule has 1 rings (SSSR count). The molecular formula is C8H13N3O. The zero-order valence-electron chi connectivity index (χ0n) is 6.97. The molecule has 0 aromatic carbocycles. The predicted octanol–water partition coefficient (Wildman–Crippen LogP) is 0.752. The van der Waals surface area contributed by atoms with Gasteiger partial charge in [-0.3, -0.25) is 0 Å². The highest BCUT2D eigenvalue weighted by atomic mass is 16.2. The minimum absolute atomic E-state index is 0.0819. The normalized spacial score (nSPS) is 16.9. The first-order valence-corrected chi connectivity index (χ1v) is 4.24. The van der Waals surface area contributed by atoms with Gasteiger partial charge in [0.05, 0.1) is 6.07 Å². The summed E-state index contributed by atoms with van der Waals surface area (Å²) in [4.78, 5) is 11.0. The topological polar surface area (TPSA) is 64.9 Å². The summed E-state index contributed by atoms with van der Waals surface area (Å²) >= 11 is 0. The lowest BCUT2D eigenvalue weighted by molar-refractivity contribution is 0.238. The summed E-state index contributed by atoms with van der Waals surface area (Å²) in [5, 5.41) is 13.4. The molecule has 0 heterocycles. The second-order valence-electron chi connectivity index (χ2n) is 2.97. The van der Waals surface area contributed by atoms with Gasteiger partial charge in [-0.15, -0.1) is 0 Å². The van der Waals surface area contributed by atoms with Crippen molar-refractivity contribution < 1.29 is 4.79 Å². The molecule has 2 N–H and O–H groups in total. The fraction of sp³-hybridized carbons (Fsp3) is 0.750. The fourth-order valence-electron chi connectivity index (χ4n) is 1.43. The molecule has 0 unspecified atom stereocenters. The lowest BCUT2D eigenvalue weighted by Crippen LogP contribution is -2.40. The number of carbonyl (C=O) groups excluding carboxylic acids is 1. The molecule has 1 aliphatic carbocycles. The Morgan fingerprint density at radius 2 is 2.17 bits per heavy atom. The van der Waals surface area contributed by atoms with E-state index in [1.807, 2.05) is 6.07 Å². The Labute approximate surface area is 71.9 Å². The summed E-state index contributed by atoms with van der Waals surface area (Å²) in [7, 11) is 0. The van der Waals surface area contributed by atoms with E-state index in [1.54, 1.807) is 0 Å². The smallest absolute Gasteiger partial charge is 0.315 e. The van der Waals surface area contributed by atoms with Crippen LogP contribution in [0.3, 0.4) is 0 Å². The molecule has 0 atom stereocenters. The van der Waals surface area contributed by atoms with Crippen LogP contribution >= 0.6 is 0 Å². The number of nitriles is 1. The number of urea groups is 1. The summed E-state index contributed by atoms with van der Waals surface area (Å²) < 4.78 is 0. The van der Waals surface area contributed by atoms with Crippen molar-refractivity contribution in [3.8, 4) is 6.07 Å². The number of nitrogens with one attached hydrogen (secondary N) is 2. The highest BCUT2D eigenvalue weighted by Gasteiger charge is 2.16. The third-order valence-corrected chi connectivity index (χ3v) is 2.02. The lowest BCUT2D eigenvalue weighted by Gasteiger charge is -2.10. The van der Waals surface area contributed by atoms with Gasteiger partial charge in [0.2, 0.25) is 0 Å². The molecule has 0 aromatic rings. The van der Waals surface area contributed by atoms with Crippen molar-refractivity contribution in [2.75, 3.05) is 6.54 Å². The van der Waals surface area contributed by atoms with E-state index < -0.39 is 0 Å². The van der Waals surface area contributed by atoms with Crippen LogP contribution in [-0.4, -0.2) is 18.6 Å². The average molecular weight is 167 g/mol. The van der Waals surface area contributed by atoms with Gasteiger partial charge in [-0.25, -0.2) is 4.79 Å². The van der Waals surface area contributed by atoms with Crippen LogP contribution in [0.2, 0.25) is 0 Å². The Morgan fingerprint density at radius 1 is 1.50 bits per heavy atom. The van der Waals surface area contributed by atoms with Crippen molar-refractivity contribution in [2.45, 2.75) is 31.7 Å². The van der Waals surface area contributed by atoms with Crippen LogP contribution in [0.25, 0.3) is 0 Å². The minimum Gasteiger partial charge on any atom is -0.335 e. The number of hydrogen-bond acceptors (Lipinski definition) is 2. The number of carbonyl (C=O) groups is 1. The third-order valence-electron chi connectivity index (χ3n) is 2.02. The van der Waals surface area contributed by atoms with Crippen molar-refractivity contribution in [3.05, 3.63) is 0 Å². The molecule has 66 valence electrons. The van der Waals surface area contributed by atoms with Crippen LogP contribution in [0.15, 0.2) is 0 Å². The molecule has 12 heavy (non-hydrogen) atoms. The van der Waals surface area contributed by atoms with Crippen LogP contribution in [-0.2, 0) is 0 Å². The van der Waals surface area contributed by atoms with E-state index in [2.05, 4.69) is 10.6 Å². The van der Waals surface area contributed by atoms with E-state index >= 15 is 0 Å². The zero-order chi connectivity index (χ0) is 8.81. The molecule has 4 heteroatoms. The van der Waals surface area contributed by atoms with Gasteiger partial charge in [-0.05, 0) is 12.8 Å². The number of rotatable bonds is 2. The van der Waals surface area contributed by atoms with E-state index in [9.17, 15) is 4.79 Å². The molecule has 1 fully saturated rings. The maximum atomic E-state index is 11.0. The molecule has 0 saturated heterocycles. The van der Waals surface area contributed by atoms with Crippen molar-refractivity contribution in [2.24, 2.45) is 0 Å². The monoisotopic (exact) mass is 167 g/mol. The van der Waals surface area contributed by atoms with Gasteiger partial charge in [-0.1, -0.05) is 12.8 Å². The molecule has 0 bridgehead atoms. The number of hydrogen-bond donors (Lipinski definition) is 2. The lowest BCUT2D eigenvalue weighted by atomic mass is 10.3. The first kappa shape index (κ1) is 8.85. The van der Waals surface area contributed by atoms with Crippen LogP contribution < -0.4 is 10.6 Å². The second kappa shape index (κ2) is 4.60. The molecule has 1 saturated carbocycles. The van der Waals surface area contributed by atoms with Gasteiger partial charge < -0.3 is 10.6 Å². The molecule has 0 aliphatic heterocycles. The first-order chi connectivity index (χ1) is 5.83. The Balaban J connectivity index is 2.13. The summed E-state index contributed by atoms with van der Waals surface area (Å²) in [6.45, 7) is 0.0819. The fourth-order valence-corrected chi connectivity index (χ4v) is 1.43. The van der Waals surface area contributed by atoms with E-state index in [0.29, 0.717) is 6.04 Å². The summed E-state index contributed by atoms with van der Waals surface area (Å²) in [6, 6.07) is 1.96. The van der Waals surface area contributed by atoms with Crippen molar-refractivity contribution in [3.63, 3.8) is 0 Å². The largest absolute Gasteiger partial charge is 0.335 e. The highest BCUT2D eigenvalue weighted by molar-refractivity contribution is 5.74. The molecule has 4 nitrogen and oxygen atoms in total. The Bertz CT molecular complexity index is 191.